The van der Waals surface area contributed by atoms with Crippen LogP contribution in [0.3, 0.4) is 0 Å². The maximum atomic E-state index is 10.3. The molecule has 0 fully saturated rings. The van der Waals surface area contributed by atoms with Crippen LogP contribution in [-0.4, -0.2) is 36.9 Å². The highest BCUT2D eigenvalue weighted by atomic mass is 32.2. The van der Waals surface area contributed by atoms with E-state index in [9.17, 15) is 4.79 Å². The van der Waals surface area contributed by atoms with Crippen molar-refractivity contribution in [1.29, 1.82) is 0 Å². The van der Waals surface area contributed by atoms with E-state index < -0.39 is 11.2 Å². The number of rotatable bonds is 3. The Kier molecular flexibility index (Phi) is 2.42. The largest absolute Gasteiger partial charge is 0.480 e. The zero-order valence-corrected chi connectivity index (χ0v) is 6.50. The number of aromatic nitrogens is 4. The molecule has 1 unspecified atom stereocenters. The Morgan fingerprint density at radius 1 is 1.82 bits per heavy atom. The Balaban J connectivity index is 2.50. The molecule has 1 rings (SSSR count). The lowest BCUT2D eigenvalue weighted by atomic mass is 10.5. The molecular formula is C4H6N4O2S. The van der Waals surface area contributed by atoms with Gasteiger partial charge in [-0.2, -0.15) is 5.21 Å². The summed E-state index contributed by atoms with van der Waals surface area (Å²) in [6.45, 7) is 1.56. The number of tetrazole rings is 1. The van der Waals surface area contributed by atoms with E-state index >= 15 is 0 Å². The van der Waals surface area contributed by atoms with Crippen LogP contribution in [0.5, 0.6) is 0 Å². The van der Waals surface area contributed by atoms with Gasteiger partial charge < -0.3 is 5.11 Å². The Bertz CT molecular complexity index is 236. The summed E-state index contributed by atoms with van der Waals surface area (Å²) in [5.74, 6) is -0.889. The second-order valence-corrected chi connectivity index (χ2v) is 3.10. The number of nitrogens with one attached hydrogen (secondary N) is 1. The Morgan fingerprint density at radius 3 is 3.00 bits per heavy atom. The molecule has 0 spiro atoms. The van der Waals surface area contributed by atoms with Gasteiger partial charge in [0, 0.05) is 0 Å². The first kappa shape index (κ1) is 7.99. The zero-order valence-electron chi connectivity index (χ0n) is 5.68. The van der Waals surface area contributed by atoms with E-state index in [4.69, 9.17) is 5.11 Å². The molecule has 0 saturated heterocycles. The SMILES string of the molecule is CC(Sc1nn[nH]n1)C(=O)O. The molecule has 0 amide bonds. The van der Waals surface area contributed by atoms with Crippen LogP contribution in [0.4, 0.5) is 0 Å². The second kappa shape index (κ2) is 3.33. The standard InChI is InChI=1S/C4H6N4O2S/c1-2(3(9)10)11-4-5-7-8-6-4/h2H,1H3,(H,9,10)(H,5,6,7,8). The average Bonchev–Trinajstić information content (AvgIpc) is 2.39. The molecule has 11 heavy (non-hydrogen) atoms. The molecule has 1 atom stereocenters. The van der Waals surface area contributed by atoms with E-state index in [2.05, 4.69) is 20.6 Å². The van der Waals surface area contributed by atoms with E-state index in [1.54, 1.807) is 6.92 Å². The normalized spacial score (nSPS) is 12.8. The number of carboxylic acid groups (broad SMARTS) is 1. The third-order valence-electron chi connectivity index (χ3n) is 0.956. The highest BCUT2D eigenvalue weighted by molar-refractivity contribution is 8.00. The van der Waals surface area contributed by atoms with Crippen molar-refractivity contribution in [2.24, 2.45) is 0 Å². The molecule has 7 heteroatoms. The quantitative estimate of drug-likeness (QED) is 0.615. The fourth-order valence-corrected chi connectivity index (χ4v) is 1.01. The second-order valence-electron chi connectivity index (χ2n) is 1.79. The number of thioether (sulfide) groups is 1. The van der Waals surface area contributed by atoms with Gasteiger partial charge in [0.1, 0.15) is 5.25 Å². The summed E-state index contributed by atoms with van der Waals surface area (Å²) in [6.07, 6.45) is 0. The molecule has 1 aromatic rings. The minimum absolute atomic E-state index is 0.347. The minimum Gasteiger partial charge on any atom is -0.480 e. The third-order valence-corrected chi connectivity index (χ3v) is 1.89. The molecule has 0 radical (unpaired) electrons. The van der Waals surface area contributed by atoms with Crippen LogP contribution in [0.25, 0.3) is 0 Å². The first-order valence-corrected chi connectivity index (χ1v) is 3.71. The molecule has 0 aromatic carbocycles. The molecule has 1 aromatic heterocycles. The number of carboxylic acids is 1. The fraction of sp³-hybridized carbons (Fsp3) is 0.500. The minimum atomic E-state index is -0.889. The summed E-state index contributed by atoms with van der Waals surface area (Å²) in [6, 6.07) is 0. The van der Waals surface area contributed by atoms with Gasteiger partial charge in [-0.3, -0.25) is 4.79 Å². The third kappa shape index (κ3) is 2.19. The predicted molar refractivity (Wildman–Crippen MR) is 37.1 cm³/mol. The van der Waals surface area contributed by atoms with Crippen LogP contribution in [0.1, 0.15) is 6.92 Å². The lowest BCUT2D eigenvalue weighted by Gasteiger charge is -1.98. The smallest absolute Gasteiger partial charge is 0.316 e. The van der Waals surface area contributed by atoms with Crippen molar-refractivity contribution < 1.29 is 9.90 Å². The highest BCUT2D eigenvalue weighted by Crippen LogP contribution is 2.16. The molecule has 0 bridgehead atoms. The van der Waals surface area contributed by atoms with E-state index in [1.807, 2.05) is 0 Å². The molecule has 6 nitrogen and oxygen atoms in total. The topological polar surface area (TPSA) is 91.8 Å². The highest BCUT2D eigenvalue weighted by Gasteiger charge is 2.14. The summed E-state index contributed by atoms with van der Waals surface area (Å²) >= 11 is 1.04. The number of hydrogen-bond acceptors (Lipinski definition) is 5. The molecule has 2 N–H and O–H groups in total. The van der Waals surface area contributed by atoms with Gasteiger partial charge >= 0.3 is 5.97 Å². The number of carbonyl (C=O) groups is 1. The van der Waals surface area contributed by atoms with Crippen molar-refractivity contribution in [3.05, 3.63) is 0 Å². The maximum absolute atomic E-state index is 10.3. The average molecular weight is 174 g/mol. The molecule has 0 aliphatic heterocycles. The van der Waals surface area contributed by atoms with Crippen molar-refractivity contribution in [2.75, 3.05) is 0 Å². The fourth-order valence-electron chi connectivity index (χ4n) is 0.411. The van der Waals surface area contributed by atoms with Crippen LogP contribution >= 0.6 is 11.8 Å². The summed E-state index contributed by atoms with van der Waals surface area (Å²) in [5, 5.41) is 21.0. The van der Waals surface area contributed by atoms with Gasteiger partial charge in [-0.1, -0.05) is 11.8 Å². The molecule has 60 valence electrons. The van der Waals surface area contributed by atoms with Crippen molar-refractivity contribution >= 4 is 17.7 Å². The maximum Gasteiger partial charge on any atom is 0.316 e. The lowest BCUT2D eigenvalue weighted by molar-refractivity contribution is -0.136. The Morgan fingerprint density at radius 2 is 2.55 bits per heavy atom. The van der Waals surface area contributed by atoms with Crippen LogP contribution in [0.15, 0.2) is 5.16 Å². The molecule has 1 heterocycles. The van der Waals surface area contributed by atoms with Crippen molar-refractivity contribution in [2.45, 2.75) is 17.3 Å². The van der Waals surface area contributed by atoms with E-state index in [-0.39, 0.29) is 0 Å². The number of nitrogens with zero attached hydrogens (tertiary/aromatic N) is 3. The molecule has 0 aliphatic carbocycles. The van der Waals surface area contributed by atoms with Gasteiger partial charge in [-0.25, -0.2) is 0 Å². The van der Waals surface area contributed by atoms with Crippen LogP contribution < -0.4 is 0 Å². The Hall–Kier alpha value is -1.11. The molecule has 0 saturated carbocycles. The van der Waals surface area contributed by atoms with Crippen molar-refractivity contribution in [3.8, 4) is 0 Å². The van der Waals surface area contributed by atoms with Crippen LogP contribution in [0.2, 0.25) is 0 Å². The van der Waals surface area contributed by atoms with Crippen LogP contribution in [0, 0.1) is 0 Å². The summed E-state index contributed by atoms with van der Waals surface area (Å²) in [7, 11) is 0. The van der Waals surface area contributed by atoms with Gasteiger partial charge in [0.25, 0.3) is 0 Å². The molecule has 0 aliphatic rings. The predicted octanol–water partition coefficient (Wildman–Crippen LogP) is -0.235. The van der Waals surface area contributed by atoms with E-state index in [0.717, 1.165) is 11.8 Å². The first-order chi connectivity index (χ1) is 5.20. The summed E-state index contributed by atoms with van der Waals surface area (Å²) in [5.41, 5.74) is 0. The summed E-state index contributed by atoms with van der Waals surface area (Å²) in [4.78, 5) is 10.3. The monoisotopic (exact) mass is 174 g/mol. The van der Waals surface area contributed by atoms with Gasteiger partial charge in [0.2, 0.25) is 5.16 Å². The van der Waals surface area contributed by atoms with Gasteiger partial charge in [0.15, 0.2) is 0 Å². The van der Waals surface area contributed by atoms with Crippen molar-refractivity contribution in [1.82, 2.24) is 20.6 Å². The van der Waals surface area contributed by atoms with Crippen LogP contribution in [-0.2, 0) is 4.79 Å². The molecular weight excluding hydrogens is 168 g/mol. The van der Waals surface area contributed by atoms with Gasteiger partial charge in [-0.05, 0) is 12.1 Å². The Labute approximate surface area is 66.4 Å². The first-order valence-electron chi connectivity index (χ1n) is 2.83. The van der Waals surface area contributed by atoms with E-state index in [0.29, 0.717) is 5.16 Å². The number of aliphatic carboxylic acids is 1. The zero-order chi connectivity index (χ0) is 8.27. The van der Waals surface area contributed by atoms with Gasteiger partial charge in [0.05, 0.1) is 0 Å². The lowest BCUT2D eigenvalue weighted by Crippen LogP contribution is -2.11. The van der Waals surface area contributed by atoms with Crippen molar-refractivity contribution in [3.63, 3.8) is 0 Å². The summed E-state index contributed by atoms with van der Waals surface area (Å²) < 4.78 is 0. The number of hydrogen-bond donors (Lipinski definition) is 2. The number of aromatic amines is 1. The van der Waals surface area contributed by atoms with E-state index in [1.165, 1.54) is 0 Å². The number of H-pyrrole nitrogens is 1. The van der Waals surface area contributed by atoms with Gasteiger partial charge in [-0.15, -0.1) is 10.2 Å².